The molecule has 0 fully saturated rings. The van der Waals surface area contributed by atoms with Crippen LogP contribution in [0, 0.1) is 6.92 Å². The number of aryl methyl sites for hydroxylation is 1. The lowest BCUT2D eigenvalue weighted by atomic mass is 10.2. The molecule has 0 saturated heterocycles. The molecule has 0 atom stereocenters. The first-order valence-corrected chi connectivity index (χ1v) is 5.54. The molecule has 0 radical (unpaired) electrons. The van der Waals surface area contributed by atoms with Gasteiger partial charge in [0.15, 0.2) is 0 Å². The fourth-order valence-electron chi connectivity index (χ4n) is 1.28. The lowest BCUT2D eigenvalue weighted by molar-refractivity contribution is 0.482. The van der Waals surface area contributed by atoms with Gasteiger partial charge >= 0.3 is 0 Å². The van der Waals surface area contributed by atoms with Crippen LogP contribution in [0.15, 0.2) is 33.8 Å². The van der Waals surface area contributed by atoms with Gasteiger partial charge in [-0.05, 0) is 19.1 Å². The van der Waals surface area contributed by atoms with Gasteiger partial charge in [-0.3, -0.25) is 0 Å². The Morgan fingerprint density at radius 3 is 2.64 bits per heavy atom. The average Bonchev–Trinajstić information content (AvgIpc) is 2.45. The van der Waals surface area contributed by atoms with Crippen LogP contribution >= 0.6 is 0 Å². The Labute approximate surface area is 81.4 Å². The SMILES string of the molecule is Cc1ccc2oc(S(N)(=O)=O)cc2c1. The van der Waals surface area contributed by atoms with E-state index in [-0.39, 0.29) is 5.09 Å². The summed E-state index contributed by atoms with van der Waals surface area (Å²) in [6, 6.07) is 6.84. The third-order valence-electron chi connectivity index (χ3n) is 1.93. The number of furan rings is 1. The number of hydrogen-bond acceptors (Lipinski definition) is 3. The van der Waals surface area contributed by atoms with Crippen molar-refractivity contribution in [1.29, 1.82) is 0 Å². The highest BCUT2D eigenvalue weighted by molar-refractivity contribution is 7.89. The fourth-order valence-corrected chi connectivity index (χ4v) is 1.78. The number of hydrogen-bond donors (Lipinski definition) is 1. The lowest BCUT2D eigenvalue weighted by Gasteiger charge is -1.89. The highest BCUT2D eigenvalue weighted by Crippen LogP contribution is 2.22. The number of nitrogens with two attached hydrogens (primary N) is 1. The van der Waals surface area contributed by atoms with Gasteiger partial charge in [0.05, 0.1) is 0 Å². The van der Waals surface area contributed by atoms with Gasteiger partial charge in [0.1, 0.15) is 5.58 Å². The van der Waals surface area contributed by atoms with Crippen molar-refractivity contribution in [1.82, 2.24) is 0 Å². The van der Waals surface area contributed by atoms with E-state index in [0.717, 1.165) is 10.9 Å². The number of rotatable bonds is 1. The zero-order valence-corrected chi connectivity index (χ0v) is 8.34. The van der Waals surface area contributed by atoms with Crippen LogP contribution in [0.5, 0.6) is 0 Å². The van der Waals surface area contributed by atoms with E-state index in [9.17, 15) is 8.42 Å². The minimum atomic E-state index is -3.74. The summed E-state index contributed by atoms with van der Waals surface area (Å²) in [5.41, 5.74) is 1.57. The first-order valence-electron chi connectivity index (χ1n) is 4.00. The van der Waals surface area contributed by atoms with Crippen LogP contribution in [0.1, 0.15) is 5.56 Å². The van der Waals surface area contributed by atoms with Crippen molar-refractivity contribution in [3.63, 3.8) is 0 Å². The Kier molecular flexibility index (Phi) is 1.87. The van der Waals surface area contributed by atoms with Gasteiger partial charge in [0, 0.05) is 11.5 Å². The predicted octanol–water partition coefficient (Wildman–Crippen LogP) is 1.39. The fraction of sp³-hybridized carbons (Fsp3) is 0.111. The summed E-state index contributed by atoms with van der Waals surface area (Å²) < 4.78 is 27.0. The molecule has 2 aromatic rings. The summed E-state index contributed by atoms with van der Waals surface area (Å²) >= 11 is 0. The van der Waals surface area contributed by atoms with Crippen LogP contribution < -0.4 is 5.14 Å². The number of benzene rings is 1. The Hall–Kier alpha value is -1.33. The van der Waals surface area contributed by atoms with Gasteiger partial charge in [-0.15, -0.1) is 0 Å². The molecular formula is C9H9NO3S. The molecule has 1 heterocycles. The molecule has 5 heteroatoms. The van der Waals surface area contributed by atoms with Crippen molar-refractivity contribution in [2.75, 3.05) is 0 Å². The Morgan fingerprint density at radius 2 is 2.00 bits per heavy atom. The average molecular weight is 211 g/mol. The van der Waals surface area contributed by atoms with E-state index in [1.165, 1.54) is 6.07 Å². The molecule has 1 aromatic carbocycles. The van der Waals surface area contributed by atoms with Crippen LogP contribution in [-0.4, -0.2) is 8.42 Å². The van der Waals surface area contributed by atoms with Crippen LogP contribution in [0.3, 0.4) is 0 Å². The second kappa shape index (κ2) is 2.83. The zero-order valence-electron chi connectivity index (χ0n) is 7.52. The van der Waals surface area contributed by atoms with Crippen molar-refractivity contribution in [3.05, 3.63) is 29.8 Å². The van der Waals surface area contributed by atoms with E-state index in [1.807, 2.05) is 19.1 Å². The standard InChI is InChI=1S/C9H9NO3S/c1-6-2-3-8-7(4-6)5-9(13-8)14(10,11)12/h2-5H,1H3,(H2,10,11,12). The summed E-state index contributed by atoms with van der Waals surface area (Å²) in [6.45, 7) is 1.92. The van der Waals surface area contributed by atoms with E-state index in [0.29, 0.717) is 5.58 Å². The van der Waals surface area contributed by atoms with E-state index < -0.39 is 10.0 Å². The molecule has 2 rings (SSSR count). The van der Waals surface area contributed by atoms with E-state index in [2.05, 4.69) is 0 Å². The van der Waals surface area contributed by atoms with E-state index >= 15 is 0 Å². The monoisotopic (exact) mass is 211 g/mol. The van der Waals surface area contributed by atoms with E-state index in [4.69, 9.17) is 9.56 Å². The summed E-state index contributed by atoms with van der Waals surface area (Å²) in [6.07, 6.45) is 0. The van der Waals surface area contributed by atoms with Crippen molar-refractivity contribution < 1.29 is 12.8 Å². The number of primary sulfonamides is 1. The van der Waals surface area contributed by atoms with Crippen LogP contribution in [0.25, 0.3) is 11.0 Å². The Balaban J connectivity index is 2.75. The summed E-state index contributed by atoms with van der Waals surface area (Å²) in [4.78, 5) is 0. The van der Waals surface area contributed by atoms with Crippen LogP contribution in [0.4, 0.5) is 0 Å². The maximum Gasteiger partial charge on any atom is 0.271 e. The maximum atomic E-state index is 11.0. The van der Waals surface area contributed by atoms with Crippen molar-refractivity contribution in [2.24, 2.45) is 5.14 Å². The lowest BCUT2D eigenvalue weighted by Crippen LogP contribution is -2.10. The smallest absolute Gasteiger partial charge is 0.271 e. The minimum absolute atomic E-state index is 0.196. The molecule has 0 aliphatic heterocycles. The molecule has 0 bridgehead atoms. The zero-order chi connectivity index (χ0) is 10.3. The quantitative estimate of drug-likeness (QED) is 0.774. The van der Waals surface area contributed by atoms with Gasteiger partial charge in [0.2, 0.25) is 5.09 Å². The molecular weight excluding hydrogens is 202 g/mol. The number of fused-ring (bicyclic) bond motifs is 1. The molecule has 0 amide bonds. The summed E-state index contributed by atoms with van der Waals surface area (Å²) in [5, 5.41) is 5.49. The highest BCUT2D eigenvalue weighted by atomic mass is 32.2. The number of sulfonamides is 1. The third-order valence-corrected chi connectivity index (χ3v) is 2.69. The van der Waals surface area contributed by atoms with Crippen LogP contribution in [0.2, 0.25) is 0 Å². The molecule has 74 valence electrons. The summed E-state index contributed by atoms with van der Waals surface area (Å²) in [7, 11) is -3.74. The van der Waals surface area contributed by atoms with Gasteiger partial charge in [-0.2, -0.15) is 0 Å². The molecule has 0 spiro atoms. The second-order valence-electron chi connectivity index (χ2n) is 3.15. The third kappa shape index (κ3) is 1.51. The topological polar surface area (TPSA) is 73.3 Å². The normalized spacial score (nSPS) is 12.1. The maximum absolute atomic E-state index is 11.0. The van der Waals surface area contributed by atoms with Crippen LogP contribution in [-0.2, 0) is 10.0 Å². The second-order valence-corrected chi connectivity index (χ2v) is 4.64. The minimum Gasteiger partial charge on any atom is -0.443 e. The van der Waals surface area contributed by atoms with Crippen molar-refractivity contribution in [2.45, 2.75) is 12.0 Å². The van der Waals surface area contributed by atoms with Gasteiger partial charge in [-0.25, -0.2) is 13.6 Å². The van der Waals surface area contributed by atoms with Gasteiger partial charge in [0.25, 0.3) is 10.0 Å². The van der Waals surface area contributed by atoms with E-state index in [1.54, 1.807) is 6.07 Å². The molecule has 1 aromatic heterocycles. The predicted molar refractivity (Wildman–Crippen MR) is 52.3 cm³/mol. The molecule has 14 heavy (non-hydrogen) atoms. The first kappa shape index (κ1) is 9.23. The molecule has 0 aliphatic carbocycles. The van der Waals surface area contributed by atoms with Gasteiger partial charge < -0.3 is 4.42 Å². The van der Waals surface area contributed by atoms with Crippen molar-refractivity contribution in [3.8, 4) is 0 Å². The summed E-state index contributed by atoms with van der Waals surface area (Å²) in [5.74, 6) is 0. The molecule has 4 nitrogen and oxygen atoms in total. The van der Waals surface area contributed by atoms with Gasteiger partial charge in [-0.1, -0.05) is 11.6 Å². The molecule has 0 aliphatic rings. The Morgan fingerprint density at radius 1 is 1.29 bits per heavy atom. The molecule has 0 saturated carbocycles. The first-order chi connectivity index (χ1) is 6.47. The molecule has 2 N–H and O–H groups in total. The molecule has 0 unspecified atom stereocenters. The van der Waals surface area contributed by atoms with Crippen molar-refractivity contribution >= 4 is 21.0 Å². The largest absolute Gasteiger partial charge is 0.443 e. The Bertz CT molecular complexity index is 583. The highest BCUT2D eigenvalue weighted by Gasteiger charge is 2.13.